The van der Waals surface area contributed by atoms with E-state index in [9.17, 15) is 9.18 Å². The third-order valence-electron chi connectivity index (χ3n) is 3.68. The van der Waals surface area contributed by atoms with Gasteiger partial charge in [0.25, 0.3) is 5.91 Å². The Morgan fingerprint density at radius 1 is 1.31 bits per heavy atom. The van der Waals surface area contributed by atoms with Gasteiger partial charge in [0.1, 0.15) is 6.61 Å². The maximum absolute atomic E-state index is 14.5. The molecule has 0 unspecified atom stereocenters. The van der Waals surface area contributed by atoms with E-state index in [1.54, 1.807) is 41.9 Å². The van der Waals surface area contributed by atoms with Gasteiger partial charge in [-0.2, -0.15) is 0 Å². The van der Waals surface area contributed by atoms with Crippen LogP contribution < -0.4 is 10.1 Å². The number of thiazole rings is 1. The average Bonchev–Trinajstić information content (AvgIpc) is 3.13. The fourth-order valence-corrected chi connectivity index (χ4v) is 3.08. The largest absolute Gasteiger partial charge is 0.478 e. The molecule has 0 bridgehead atoms. The first kappa shape index (κ1) is 17.9. The van der Waals surface area contributed by atoms with Crippen molar-refractivity contribution < 1.29 is 13.9 Å². The minimum absolute atomic E-state index is 0.0727. The molecule has 0 fully saturated rings. The topological polar surface area (TPSA) is 51.2 Å². The van der Waals surface area contributed by atoms with E-state index in [1.165, 1.54) is 11.3 Å². The second-order valence-corrected chi connectivity index (χ2v) is 6.33. The number of hydrogen-bond acceptors (Lipinski definition) is 4. The number of rotatable bonds is 5. The molecule has 26 heavy (non-hydrogen) atoms. The summed E-state index contributed by atoms with van der Waals surface area (Å²) in [5.74, 6) is 5.05. The maximum atomic E-state index is 14.5. The number of amides is 1. The first-order valence-electron chi connectivity index (χ1n) is 8.16. The van der Waals surface area contributed by atoms with Gasteiger partial charge in [-0.15, -0.1) is 17.3 Å². The van der Waals surface area contributed by atoms with Crippen LogP contribution in [0, 0.1) is 17.7 Å². The van der Waals surface area contributed by atoms with Crippen LogP contribution in [0.1, 0.15) is 29.3 Å². The highest BCUT2D eigenvalue weighted by Gasteiger charge is 2.12. The van der Waals surface area contributed by atoms with Gasteiger partial charge in [0.15, 0.2) is 11.6 Å². The van der Waals surface area contributed by atoms with E-state index < -0.39 is 5.82 Å². The first-order chi connectivity index (χ1) is 12.7. The number of fused-ring (bicyclic) bond motifs is 1. The number of benzene rings is 2. The van der Waals surface area contributed by atoms with Crippen molar-refractivity contribution in [2.75, 3.05) is 6.61 Å². The second kappa shape index (κ2) is 8.45. The molecule has 2 aromatic carbocycles. The van der Waals surface area contributed by atoms with Crippen molar-refractivity contribution in [1.82, 2.24) is 10.3 Å². The summed E-state index contributed by atoms with van der Waals surface area (Å²) in [6.45, 7) is 2.14. The Morgan fingerprint density at radius 2 is 2.19 bits per heavy atom. The molecule has 3 aromatic rings. The highest BCUT2D eigenvalue weighted by atomic mass is 32.1. The molecule has 0 radical (unpaired) electrons. The van der Waals surface area contributed by atoms with E-state index in [4.69, 9.17) is 4.74 Å². The van der Waals surface area contributed by atoms with Crippen molar-refractivity contribution in [3.05, 3.63) is 58.9 Å². The van der Waals surface area contributed by atoms with Gasteiger partial charge in [0.05, 0.1) is 15.7 Å². The Hall–Kier alpha value is -2.91. The Labute approximate surface area is 155 Å². The van der Waals surface area contributed by atoms with Crippen LogP contribution in [0.5, 0.6) is 5.75 Å². The Balaban J connectivity index is 1.65. The quantitative estimate of drug-likeness (QED) is 0.688. The fourth-order valence-electron chi connectivity index (χ4n) is 2.37. The van der Waals surface area contributed by atoms with Crippen molar-refractivity contribution >= 4 is 27.5 Å². The first-order valence-corrected chi connectivity index (χ1v) is 9.04. The minimum atomic E-state index is -0.482. The predicted molar refractivity (Wildman–Crippen MR) is 101 cm³/mol. The van der Waals surface area contributed by atoms with Crippen LogP contribution in [0.15, 0.2) is 41.9 Å². The Bertz CT molecular complexity index is 988. The van der Waals surface area contributed by atoms with Crippen molar-refractivity contribution in [1.29, 1.82) is 0 Å². The molecular weight excluding hydrogens is 351 g/mol. The van der Waals surface area contributed by atoms with Crippen LogP contribution >= 0.6 is 11.3 Å². The number of carbonyl (C=O) groups is 1. The minimum Gasteiger partial charge on any atom is -0.478 e. The summed E-state index contributed by atoms with van der Waals surface area (Å²) in [4.78, 5) is 16.5. The molecule has 1 N–H and O–H groups in total. The van der Waals surface area contributed by atoms with Gasteiger partial charge in [-0.25, -0.2) is 9.37 Å². The lowest BCUT2D eigenvalue weighted by molar-refractivity contribution is 0.0950. The number of nitrogens with zero attached hydrogens (tertiary/aromatic N) is 1. The SMILES string of the molecule is CCC#CCOc1cccc(CNC(=O)c2ccc3ncsc3c2)c1F. The van der Waals surface area contributed by atoms with E-state index in [-0.39, 0.29) is 24.8 Å². The van der Waals surface area contributed by atoms with E-state index in [2.05, 4.69) is 22.1 Å². The third kappa shape index (κ3) is 4.19. The van der Waals surface area contributed by atoms with Crippen LogP contribution in [0.3, 0.4) is 0 Å². The molecule has 0 spiro atoms. The lowest BCUT2D eigenvalue weighted by Gasteiger charge is -2.10. The highest BCUT2D eigenvalue weighted by molar-refractivity contribution is 7.16. The van der Waals surface area contributed by atoms with Gasteiger partial charge < -0.3 is 10.1 Å². The molecule has 1 aromatic heterocycles. The number of aromatic nitrogens is 1. The molecule has 0 saturated carbocycles. The molecule has 132 valence electrons. The fraction of sp³-hybridized carbons (Fsp3) is 0.200. The second-order valence-electron chi connectivity index (χ2n) is 5.44. The van der Waals surface area contributed by atoms with Crippen LogP contribution in [0.4, 0.5) is 4.39 Å². The number of carbonyl (C=O) groups excluding carboxylic acids is 1. The molecule has 4 nitrogen and oxygen atoms in total. The van der Waals surface area contributed by atoms with Crippen LogP contribution in [-0.2, 0) is 6.54 Å². The van der Waals surface area contributed by atoms with Crippen molar-refractivity contribution in [3.63, 3.8) is 0 Å². The Morgan fingerprint density at radius 3 is 3.04 bits per heavy atom. The molecule has 0 aliphatic rings. The van der Waals surface area contributed by atoms with E-state index >= 15 is 0 Å². The van der Waals surface area contributed by atoms with E-state index in [0.717, 1.165) is 16.6 Å². The van der Waals surface area contributed by atoms with Crippen LogP contribution in [-0.4, -0.2) is 17.5 Å². The van der Waals surface area contributed by atoms with Crippen LogP contribution in [0.25, 0.3) is 10.2 Å². The van der Waals surface area contributed by atoms with E-state index in [0.29, 0.717) is 11.1 Å². The summed E-state index contributed by atoms with van der Waals surface area (Å²) in [6.07, 6.45) is 0.727. The van der Waals surface area contributed by atoms with E-state index in [1.807, 2.05) is 6.92 Å². The third-order valence-corrected chi connectivity index (χ3v) is 4.47. The molecule has 0 atom stereocenters. The van der Waals surface area contributed by atoms with Crippen molar-refractivity contribution in [3.8, 4) is 17.6 Å². The smallest absolute Gasteiger partial charge is 0.251 e. The molecule has 3 rings (SSSR count). The monoisotopic (exact) mass is 368 g/mol. The lowest BCUT2D eigenvalue weighted by atomic mass is 10.1. The number of nitrogens with one attached hydrogen (secondary N) is 1. The van der Waals surface area contributed by atoms with Crippen molar-refractivity contribution in [2.24, 2.45) is 0 Å². The van der Waals surface area contributed by atoms with Gasteiger partial charge in [0, 0.05) is 24.1 Å². The zero-order chi connectivity index (χ0) is 18.4. The summed E-state index contributed by atoms with van der Waals surface area (Å²) in [6, 6.07) is 10.1. The number of halogens is 1. The molecule has 0 aliphatic carbocycles. The van der Waals surface area contributed by atoms with Crippen LogP contribution in [0.2, 0.25) is 0 Å². The van der Waals surface area contributed by atoms with Crippen molar-refractivity contribution in [2.45, 2.75) is 19.9 Å². The van der Waals surface area contributed by atoms with Gasteiger partial charge in [-0.1, -0.05) is 25.0 Å². The number of hydrogen-bond donors (Lipinski definition) is 1. The average molecular weight is 368 g/mol. The molecule has 0 aliphatic heterocycles. The molecule has 1 amide bonds. The summed E-state index contributed by atoms with van der Waals surface area (Å²) in [5, 5.41) is 2.74. The standard InChI is InChI=1S/C20H17FN2O2S/c1-2-3-4-10-25-17-7-5-6-15(19(17)21)12-22-20(24)14-8-9-16-18(11-14)26-13-23-16/h5-9,11,13H,2,10,12H2,1H3,(H,22,24). The predicted octanol–water partition coefficient (Wildman–Crippen LogP) is 4.16. The maximum Gasteiger partial charge on any atom is 0.251 e. The zero-order valence-electron chi connectivity index (χ0n) is 14.2. The summed E-state index contributed by atoms with van der Waals surface area (Å²) in [5.41, 5.74) is 3.47. The highest BCUT2D eigenvalue weighted by Crippen LogP contribution is 2.21. The zero-order valence-corrected chi connectivity index (χ0v) is 15.0. The van der Waals surface area contributed by atoms with Gasteiger partial charge in [0.2, 0.25) is 0 Å². The molecular formula is C20H17FN2O2S. The molecule has 0 saturated heterocycles. The summed E-state index contributed by atoms with van der Waals surface area (Å²) < 4.78 is 20.8. The van der Waals surface area contributed by atoms with Gasteiger partial charge in [-0.05, 0) is 24.3 Å². The normalized spacial score (nSPS) is 10.2. The van der Waals surface area contributed by atoms with Gasteiger partial charge >= 0.3 is 0 Å². The summed E-state index contributed by atoms with van der Waals surface area (Å²) >= 11 is 1.47. The number of ether oxygens (including phenoxy) is 1. The van der Waals surface area contributed by atoms with Gasteiger partial charge in [-0.3, -0.25) is 4.79 Å². The summed E-state index contributed by atoms with van der Waals surface area (Å²) in [7, 11) is 0. The molecule has 1 heterocycles. The molecule has 6 heteroatoms. The Kier molecular flexibility index (Phi) is 5.82. The lowest BCUT2D eigenvalue weighted by Crippen LogP contribution is -2.23.